The van der Waals surface area contributed by atoms with Gasteiger partial charge in [0.1, 0.15) is 0 Å². The summed E-state index contributed by atoms with van der Waals surface area (Å²) in [5, 5.41) is 13.9. The first-order chi connectivity index (χ1) is 11.9. The van der Waals surface area contributed by atoms with Crippen molar-refractivity contribution in [2.75, 3.05) is 0 Å². The summed E-state index contributed by atoms with van der Waals surface area (Å²) in [5.74, 6) is 0. The van der Waals surface area contributed by atoms with Crippen LogP contribution >= 0.6 is 0 Å². The van der Waals surface area contributed by atoms with Crippen LogP contribution in [0, 0.1) is 0 Å². The molecule has 0 amide bonds. The van der Waals surface area contributed by atoms with E-state index < -0.39 is 23.4 Å². The van der Waals surface area contributed by atoms with Crippen LogP contribution in [0.15, 0.2) is 54.6 Å². The topological polar surface area (TPSA) is 32.3 Å². The minimum absolute atomic E-state index is 0.316. The van der Waals surface area contributed by atoms with Crippen LogP contribution in [0.25, 0.3) is 0 Å². The van der Waals surface area contributed by atoms with Gasteiger partial charge in [-0.3, -0.25) is 5.32 Å². The summed E-state index contributed by atoms with van der Waals surface area (Å²) in [6, 6.07) is 14.7. The number of aliphatic hydroxyl groups excluding tert-OH is 1. The molecule has 0 radical (unpaired) electrons. The second kappa shape index (κ2) is 6.81. The van der Waals surface area contributed by atoms with Crippen molar-refractivity contribution in [3.63, 3.8) is 0 Å². The largest absolute Gasteiger partial charge is 0.416 e. The van der Waals surface area contributed by atoms with E-state index in [0.29, 0.717) is 12.0 Å². The van der Waals surface area contributed by atoms with Crippen molar-refractivity contribution in [1.29, 1.82) is 0 Å². The lowest BCUT2D eigenvalue weighted by molar-refractivity contribution is -0.137. The Balaban J connectivity index is 1.90. The highest BCUT2D eigenvalue weighted by atomic mass is 19.4. The van der Waals surface area contributed by atoms with Crippen LogP contribution in [0.3, 0.4) is 0 Å². The van der Waals surface area contributed by atoms with Gasteiger partial charge in [-0.05, 0) is 42.5 Å². The fourth-order valence-corrected chi connectivity index (χ4v) is 3.23. The molecule has 25 heavy (non-hydrogen) atoms. The fourth-order valence-electron chi connectivity index (χ4n) is 3.23. The Morgan fingerprint density at radius 1 is 1.08 bits per heavy atom. The molecular formula is C20H22F3NO. The van der Waals surface area contributed by atoms with Gasteiger partial charge in [0.15, 0.2) is 0 Å². The molecule has 0 saturated heterocycles. The van der Waals surface area contributed by atoms with Gasteiger partial charge in [0, 0.05) is 5.54 Å². The van der Waals surface area contributed by atoms with Crippen LogP contribution in [0.4, 0.5) is 13.2 Å². The third-order valence-corrected chi connectivity index (χ3v) is 4.89. The first-order valence-electron chi connectivity index (χ1n) is 8.54. The van der Waals surface area contributed by atoms with Crippen molar-refractivity contribution < 1.29 is 18.3 Å². The molecule has 1 aliphatic carbocycles. The number of rotatable bonds is 6. The van der Waals surface area contributed by atoms with E-state index in [1.54, 1.807) is 6.07 Å². The summed E-state index contributed by atoms with van der Waals surface area (Å²) in [6.45, 7) is 1.89. The summed E-state index contributed by atoms with van der Waals surface area (Å²) in [7, 11) is 0. The number of benzene rings is 2. The summed E-state index contributed by atoms with van der Waals surface area (Å²) in [5.41, 5.74) is 0.435. The summed E-state index contributed by atoms with van der Waals surface area (Å²) in [6.07, 6.45) is -2.88. The van der Waals surface area contributed by atoms with Gasteiger partial charge in [0.25, 0.3) is 0 Å². The Labute approximate surface area is 145 Å². The number of hydrogen-bond donors (Lipinski definition) is 2. The Hall–Kier alpha value is -1.85. The van der Waals surface area contributed by atoms with Gasteiger partial charge in [-0.15, -0.1) is 0 Å². The zero-order chi connectivity index (χ0) is 18.1. The Bertz CT molecular complexity index is 710. The van der Waals surface area contributed by atoms with Crippen molar-refractivity contribution in [3.05, 3.63) is 71.3 Å². The molecule has 2 aromatic carbocycles. The molecule has 2 atom stereocenters. The Morgan fingerprint density at radius 3 is 2.32 bits per heavy atom. The predicted octanol–water partition coefficient (Wildman–Crippen LogP) is 4.80. The maximum Gasteiger partial charge on any atom is 0.416 e. The average Bonchev–Trinajstić information content (AvgIpc) is 3.40. The van der Waals surface area contributed by atoms with Gasteiger partial charge in [0.2, 0.25) is 0 Å². The lowest BCUT2D eigenvalue weighted by atomic mass is 9.95. The third kappa shape index (κ3) is 3.88. The van der Waals surface area contributed by atoms with Crippen LogP contribution < -0.4 is 5.32 Å². The molecule has 0 aromatic heterocycles. The van der Waals surface area contributed by atoms with Gasteiger partial charge in [0.05, 0.1) is 17.7 Å². The van der Waals surface area contributed by atoms with Gasteiger partial charge in [-0.25, -0.2) is 0 Å². The molecule has 0 spiro atoms. The standard InChI is InChI=1S/C20H22F3NO/c1-2-17(25)18(14-7-4-3-5-8-14)24-19(11-12-19)15-9-6-10-16(13-15)20(21,22)23/h3-10,13,17-18,24-25H,2,11-12H2,1H3. The van der Waals surface area contributed by atoms with Crippen molar-refractivity contribution >= 4 is 0 Å². The number of aliphatic hydroxyl groups is 1. The number of halogens is 3. The molecule has 2 aromatic rings. The van der Waals surface area contributed by atoms with E-state index in [-0.39, 0.29) is 6.04 Å². The lowest BCUT2D eigenvalue weighted by Crippen LogP contribution is -2.39. The van der Waals surface area contributed by atoms with E-state index in [1.807, 2.05) is 37.3 Å². The van der Waals surface area contributed by atoms with E-state index in [1.165, 1.54) is 12.1 Å². The first kappa shape index (κ1) is 18.0. The summed E-state index contributed by atoms with van der Waals surface area (Å²) >= 11 is 0. The average molecular weight is 349 g/mol. The maximum absolute atomic E-state index is 13.0. The van der Waals surface area contributed by atoms with Crippen molar-refractivity contribution in [2.45, 2.75) is 50.0 Å². The van der Waals surface area contributed by atoms with Gasteiger partial charge < -0.3 is 5.11 Å². The molecule has 134 valence electrons. The second-order valence-corrected chi connectivity index (χ2v) is 6.67. The highest BCUT2D eigenvalue weighted by Gasteiger charge is 2.47. The van der Waals surface area contributed by atoms with Crippen molar-refractivity contribution in [1.82, 2.24) is 5.32 Å². The summed E-state index contributed by atoms with van der Waals surface area (Å²) < 4.78 is 39.1. The second-order valence-electron chi connectivity index (χ2n) is 6.67. The Kier molecular flexibility index (Phi) is 4.89. The molecule has 0 bridgehead atoms. The molecule has 1 fully saturated rings. The van der Waals surface area contributed by atoms with Crippen LogP contribution in [-0.4, -0.2) is 11.2 Å². The van der Waals surface area contributed by atoms with E-state index in [4.69, 9.17) is 0 Å². The SMILES string of the molecule is CCC(O)C(NC1(c2cccc(C(F)(F)F)c2)CC1)c1ccccc1. The molecule has 0 heterocycles. The quantitative estimate of drug-likeness (QED) is 0.785. The first-order valence-corrected chi connectivity index (χ1v) is 8.54. The van der Waals surface area contributed by atoms with Crippen molar-refractivity contribution in [3.8, 4) is 0 Å². The minimum atomic E-state index is -4.35. The molecule has 1 aliphatic rings. The molecule has 2 unspecified atom stereocenters. The molecule has 3 rings (SSSR count). The monoisotopic (exact) mass is 349 g/mol. The van der Waals surface area contributed by atoms with Gasteiger partial charge in [-0.1, -0.05) is 49.4 Å². The van der Waals surface area contributed by atoms with E-state index >= 15 is 0 Å². The van der Waals surface area contributed by atoms with E-state index in [2.05, 4.69) is 5.32 Å². The summed E-state index contributed by atoms with van der Waals surface area (Å²) in [4.78, 5) is 0. The third-order valence-electron chi connectivity index (χ3n) is 4.89. The fraction of sp³-hybridized carbons (Fsp3) is 0.400. The van der Waals surface area contributed by atoms with E-state index in [0.717, 1.165) is 24.5 Å². The molecule has 1 saturated carbocycles. The van der Waals surface area contributed by atoms with E-state index in [9.17, 15) is 18.3 Å². The van der Waals surface area contributed by atoms with Gasteiger partial charge in [-0.2, -0.15) is 13.2 Å². The molecular weight excluding hydrogens is 327 g/mol. The normalized spacial score (nSPS) is 18.6. The molecule has 2 N–H and O–H groups in total. The van der Waals surface area contributed by atoms with Crippen LogP contribution in [0.2, 0.25) is 0 Å². The zero-order valence-electron chi connectivity index (χ0n) is 14.1. The lowest BCUT2D eigenvalue weighted by Gasteiger charge is -2.30. The van der Waals surface area contributed by atoms with Crippen molar-refractivity contribution in [2.24, 2.45) is 0 Å². The van der Waals surface area contributed by atoms with Gasteiger partial charge >= 0.3 is 6.18 Å². The van der Waals surface area contributed by atoms with Crippen LogP contribution in [-0.2, 0) is 11.7 Å². The minimum Gasteiger partial charge on any atom is -0.391 e. The Morgan fingerprint density at radius 2 is 1.76 bits per heavy atom. The molecule has 0 aliphatic heterocycles. The molecule has 5 heteroatoms. The number of nitrogens with one attached hydrogen (secondary N) is 1. The molecule has 2 nitrogen and oxygen atoms in total. The zero-order valence-corrected chi connectivity index (χ0v) is 14.1. The highest BCUT2D eigenvalue weighted by Crippen LogP contribution is 2.48. The predicted molar refractivity (Wildman–Crippen MR) is 91.0 cm³/mol. The smallest absolute Gasteiger partial charge is 0.391 e. The number of hydrogen-bond acceptors (Lipinski definition) is 2. The van der Waals surface area contributed by atoms with Crippen LogP contribution in [0.1, 0.15) is 48.9 Å². The maximum atomic E-state index is 13.0. The highest BCUT2D eigenvalue weighted by molar-refractivity contribution is 5.36. The number of alkyl halides is 3. The van der Waals surface area contributed by atoms with Crippen LogP contribution in [0.5, 0.6) is 0 Å².